The van der Waals surface area contributed by atoms with Crippen LogP contribution in [0.15, 0.2) is 18.2 Å². The van der Waals surface area contributed by atoms with Crippen LogP contribution in [0.2, 0.25) is 5.02 Å². The zero-order valence-corrected chi connectivity index (χ0v) is 13.2. The molecule has 1 fully saturated rings. The molecular formula is C15H19Cl2NO2. The van der Waals surface area contributed by atoms with Gasteiger partial charge in [0.1, 0.15) is 5.75 Å². The summed E-state index contributed by atoms with van der Waals surface area (Å²) in [6.45, 7) is 0. The summed E-state index contributed by atoms with van der Waals surface area (Å²) in [7, 11) is 3.34. The molecule has 2 rings (SSSR count). The van der Waals surface area contributed by atoms with Gasteiger partial charge in [-0.3, -0.25) is 4.79 Å². The number of halogens is 2. The van der Waals surface area contributed by atoms with Crippen LogP contribution in [0, 0.1) is 0 Å². The van der Waals surface area contributed by atoms with Gasteiger partial charge in [-0.1, -0.05) is 24.4 Å². The Hall–Kier alpha value is -0.930. The number of methoxy groups -OCH3 is 1. The van der Waals surface area contributed by atoms with Crippen molar-refractivity contribution in [1.29, 1.82) is 0 Å². The molecule has 1 saturated carbocycles. The van der Waals surface area contributed by atoms with Gasteiger partial charge in [0.25, 0.3) is 5.91 Å². The maximum Gasteiger partial charge on any atom is 0.257 e. The number of carbonyl (C=O) groups is 1. The molecule has 110 valence electrons. The molecule has 5 heteroatoms. The molecule has 2 atom stereocenters. The SMILES string of the molecule is COc1cc(Cl)ccc1C(=O)N(C)C1CCCCC1Cl. The number of amides is 1. The summed E-state index contributed by atoms with van der Waals surface area (Å²) < 4.78 is 5.25. The number of hydrogen-bond acceptors (Lipinski definition) is 2. The average molecular weight is 316 g/mol. The van der Waals surface area contributed by atoms with Crippen molar-refractivity contribution >= 4 is 29.1 Å². The molecule has 0 spiro atoms. The summed E-state index contributed by atoms with van der Waals surface area (Å²) >= 11 is 12.3. The third kappa shape index (κ3) is 3.21. The van der Waals surface area contributed by atoms with Gasteiger partial charge in [-0.05, 0) is 31.0 Å². The van der Waals surface area contributed by atoms with E-state index in [0.29, 0.717) is 16.3 Å². The van der Waals surface area contributed by atoms with Crippen molar-refractivity contribution in [2.75, 3.05) is 14.2 Å². The Morgan fingerprint density at radius 1 is 1.35 bits per heavy atom. The molecule has 20 heavy (non-hydrogen) atoms. The zero-order chi connectivity index (χ0) is 14.7. The van der Waals surface area contributed by atoms with E-state index in [1.807, 2.05) is 7.05 Å². The summed E-state index contributed by atoms with van der Waals surface area (Å²) in [4.78, 5) is 14.4. The van der Waals surface area contributed by atoms with Gasteiger partial charge in [-0.15, -0.1) is 11.6 Å². The number of ether oxygens (including phenoxy) is 1. The molecule has 0 bridgehead atoms. The van der Waals surface area contributed by atoms with E-state index in [-0.39, 0.29) is 17.3 Å². The number of alkyl halides is 1. The number of benzene rings is 1. The Morgan fingerprint density at radius 2 is 2.05 bits per heavy atom. The van der Waals surface area contributed by atoms with Crippen LogP contribution in [0.4, 0.5) is 0 Å². The standard InChI is InChI=1S/C15H19Cl2NO2/c1-18(13-6-4-3-5-12(13)17)15(19)11-8-7-10(16)9-14(11)20-2/h7-9,12-13H,3-6H2,1-2H3. The van der Waals surface area contributed by atoms with E-state index in [2.05, 4.69) is 0 Å². The smallest absolute Gasteiger partial charge is 0.257 e. The highest BCUT2D eigenvalue weighted by molar-refractivity contribution is 6.30. The first-order valence-electron chi connectivity index (χ1n) is 6.79. The fourth-order valence-corrected chi connectivity index (χ4v) is 3.30. The van der Waals surface area contributed by atoms with E-state index in [9.17, 15) is 4.79 Å². The highest BCUT2D eigenvalue weighted by atomic mass is 35.5. The lowest BCUT2D eigenvalue weighted by Crippen LogP contribution is -2.44. The molecule has 0 N–H and O–H groups in total. The van der Waals surface area contributed by atoms with Crippen LogP contribution in [0.3, 0.4) is 0 Å². The zero-order valence-electron chi connectivity index (χ0n) is 11.7. The average Bonchev–Trinajstić information content (AvgIpc) is 2.46. The monoisotopic (exact) mass is 315 g/mol. The van der Waals surface area contributed by atoms with Gasteiger partial charge < -0.3 is 9.64 Å². The Morgan fingerprint density at radius 3 is 2.70 bits per heavy atom. The Balaban J connectivity index is 2.22. The van der Waals surface area contributed by atoms with Crippen LogP contribution >= 0.6 is 23.2 Å². The van der Waals surface area contributed by atoms with Gasteiger partial charge in [0.15, 0.2) is 0 Å². The highest BCUT2D eigenvalue weighted by Crippen LogP contribution is 2.30. The maximum atomic E-state index is 12.6. The van der Waals surface area contributed by atoms with E-state index >= 15 is 0 Å². The molecule has 1 aromatic carbocycles. The molecule has 1 amide bonds. The van der Waals surface area contributed by atoms with Crippen LogP contribution in [0.5, 0.6) is 5.75 Å². The summed E-state index contributed by atoms with van der Waals surface area (Å²) in [5.41, 5.74) is 0.522. The van der Waals surface area contributed by atoms with Crippen LogP contribution in [0.25, 0.3) is 0 Å². The molecule has 1 aliphatic rings. The topological polar surface area (TPSA) is 29.5 Å². The first-order valence-corrected chi connectivity index (χ1v) is 7.60. The number of nitrogens with zero attached hydrogens (tertiary/aromatic N) is 1. The van der Waals surface area contributed by atoms with Gasteiger partial charge in [0, 0.05) is 18.1 Å². The lowest BCUT2D eigenvalue weighted by molar-refractivity contribution is 0.0697. The van der Waals surface area contributed by atoms with Crippen molar-refractivity contribution in [1.82, 2.24) is 4.90 Å². The predicted octanol–water partition coefficient (Wildman–Crippen LogP) is 3.97. The molecule has 2 unspecified atom stereocenters. The van der Waals surface area contributed by atoms with Crippen LogP contribution in [-0.4, -0.2) is 36.4 Å². The van der Waals surface area contributed by atoms with Gasteiger partial charge in [0.05, 0.1) is 18.1 Å². The molecule has 0 saturated heterocycles. The van der Waals surface area contributed by atoms with Gasteiger partial charge in [-0.2, -0.15) is 0 Å². The van der Waals surface area contributed by atoms with Crippen molar-refractivity contribution < 1.29 is 9.53 Å². The summed E-state index contributed by atoms with van der Waals surface area (Å²) in [5.74, 6) is 0.423. The first-order chi connectivity index (χ1) is 9.54. The minimum atomic E-state index is -0.0731. The normalized spacial score (nSPS) is 22.4. The second-order valence-electron chi connectivity index (χ2n) is 5.13. The lowest BCUT2D eigenvalue weighted by Gasteiger charge is -2.35. The van der Waals surface area contributed by atoms with Crippen molar-refractivity contribution in [3.8, 4) is 5.75 Å². The number of hydrogen-bond donors (Lipinski definition) is 0. The summed E-state index contributed by atoms with van der Waals surface area (Å²) in [6.07, 6.45) is 4.16. The van der Waals surface area contributed by atoms with Crippen LogP contribution < -0.4 is 4.74 Å². The second-order valence-corrected chi connectivity index (χ2v) is 6.13. The van der Waals surface area contributed by atoms with E-state index in [1.165, 1.54) is 7.11 Å². The van der Waals surface area contributed by atoms with Crippen molar-refractivity contribution in [3.63, 3.8) is 0 Å². The van der Waals surface area contributed by atoms with Gasteiger partial charge >= 0.3 is 0 Å². The minimum Gasteiger partial charge on any atom is -0.496 e. The maximum absolute atomic E-state index is 12.6. The molecule has 0 aliphatic heterocycles. The Bertz CT molecular complexity index is 493. The molecule has 1 aromatic rings. The largest absolute Gasteiger partial charge is 0.496 e. The fourth-order valence-electron chi connectivity index (χ4n) is 2.68. The number of carbonyl (C=O) groups excluding carboxylic acids is 1. The molecule has 1 aliphatic carbocycles. The molecule has 0 radical (unpaired) electrons. The molecule has 0 aromatic heterocycles. The van der Waals surface area contributed by atoms with Crippen molar-refractivity contribution in [2.45, 2.75) is 37.1 Å². The van der Waals surface area contributed by atoms with Crippen LogP contribution in [-0.2, 0) is 0 Å². The summed E-state index contributed by atoms with van der Waals surface area (Å²) in [5, 5.41) is 0.574. The third-order valence-electron chi connectivity index (χ3n) is 3.86. The Labute approximate surface area is 129 Å². The highest BCUT2D eigenvalue weighted by Gasteiger charge is 2.30. The third-order valence-corrected chi connectivity index (χ3v) is 4.60. The van der Waals surface area contributed by atoms with E-state index in [0.717, 1.165) is 25.7 Å². The Kier molecular flexibility index (Phi) is 5.17. The lowest BCUT2D eigenvalue weighted by atomic mass is 9.93. The van der Waals surface area contributed by atoms with Gasteiger partial charge in [-0.25, -0.2) is 0 Å². The van der Waals surface area contributed by atoms with Gasteiger partial charge in [0.2, 0.25) is 0 Å². The van der Waals surface area contributed by atoms with Crippen molar-refractivity contribution in [2.24, 2.45) is 0 Å². The summed E-state index contributed by atoms with van der Waals surface area (Å²) in [6, 6.07) is 5.14. The second kappa shape index (κ2) is 6.68. The van der Waals surface area contributed by atoms with Crippen LogP contribution in [0.1, 0.15) is 36.0 Å². The van der Waals surface area contributed by atoms with Crippen molar-refractivity contribution in [3.05, 3.63) is 28.8 Å². The van der Waals surface area contributed by atoms with E-state index in [1.54, 1.807) is 23.1 Å². The van der Waals surface area contributed by atoms with E-state index in [4.69, 9.17) is 27.9 Å². The first kappa shape index (κ1) is 15.5. The molecule has 3 nitrogen and oxygen atoms in total. The molecular weight excluding hydrogens is 297 g/mol. The van der Waals surface area contributed by atoms with E-state index < -0.39 is 0 Å². The minimum absolute atomic E-state index is 0.0241. The predicted molar refractivity (Wildman–Crippen MR) is 82.0 cm³/mol. The molecule has 0 heterocycles. The number of rotatable bonds is 3. The quantitative estimate of drug-likeness (QED) is 0.790. The fraction of sp³-hybridized carbons (Fsp3) is 0.533.